The average molecular weight is 382 g/mol. The van der Waals surface area contributed by atoms with Crippen LogP contribution in [0.25, 0.3) is 0 Å². The fraction of sp³-hybridized carbons (Fsp3) is 0.143. The van der Waals surface area contributed by atoms with Gasteiger partial charge >= 0.3 is 0 Å². The minimum absolute atomic E-state index is 0.250. The Morgan fingerprint density at radius 3 is 2.67 bits per heavy atom. The van der Waals surface area contributed by atoms with Crippen LogP contribution in [0.2, 0.25) is 5.02 Å². The lowest BCUT2D eigenvalue weighted by molar-refractivity contribution is 0.102. The van der Waals surface area contributed by atoms with Crippen molar-refractivity contribution in [3.63, 3.8) is 0 Å². The quantitative estimate of drug-likeness (QED) is 0.636. The molecule has 0 saturated carbocycles. The van der Waals surface area contributed by atoms with E-state index < -0.39 is 0 Å². The van der Waals surface area contributed by atoms with E-state index in [-0.39, 0.29) is 5.91 Å². The first-order valence-corrected chi connectivity index (χ1v) is 8.84. The molecule has 0 aliphatic rings. The number of carbonyl (C=O) groups excluding carboxylic acids is 1. The molecular weight excluding hydrogens is 362 g/mol. The van der Waals surface area contributed by atoms with Gasteiger partial charge in [-0.15, -0.1) is 0 Å². The maximum atomic E-state index is 12.6. The predicted molar refractivity (Wildman–Crippen MR) is 109 cm³/mol. The molecule has 138 valence electrons. The van der Waals surface area contributed by atoms with Gasteiger partial charge in [0.25, 0.3) is 5.91 Å². The Morgan fingerprint density at radius 2 is 1.93 bits per heavy atom. The van der Waals surface area contributed by atoms with Crippen molar-refractivity contribution in [1.29, 1.82) is 0 Å². The van der Waals surface area contributed by atoms with Gasteiger partial charge in [-0.2, -0.15) is 0 Å². The summed E-state index contributed by atoms with van der Waals surface area (Å²) >= 11 is 6.11. The molecule has 1 heterocycles. The van der Waals surface area contributed by atoms with Crippen LogP contribution < -0.4 is 15.4 Å². The molecule has 1 amide bonds. The molecule has 1 aromatic heterocycles. The Bertz CT molecular complexity index is 945. The third-order valence-corrected chi connectivity index (χ3v) is 4.47. The van der Waals surface area contributed by atoms with Gasteiger partial charge in [0.1, 0.15) is 11.6 Å². The summed E-state index contributed by atoms with van der Waals surface area (Å²) in [6, 6.07) is 16.8. The molecule has 0 radical (unpaired) electrons. The number of carbonyl (C=O) groups is 1. The molecule has 27 heavy (non-hydrogen) atoms. The van der Waals surface area contributed by atoms with Gasteiger partial charge in [0.05, 0.1) is 12.8 Å². The molecule has 0 aliphatic heterocycles. The molecule has 0 bridgehead atoms. The molecule has 0 unspecified atom stereocenters. The normalized spacial score (nSPS) is 10.3. The molecule has 0 fully saturated rings. The monoisotopic (exact) mass is 381 g/mol. The van der Waals surface area contributed by atoms with Crippen LogP contribution in [-0.2, 0) is 6.54 Å². The molecule has 3 rings (SSSR count). The first-order valence-electron chi connectivity index (χ1n) is 8.46. The highest BCUT2D eigenvalue weighted by Gasteiger charge is 2.12. The van der Waals surface area contributed by atoms with Crippen molar-refractivity contribution in [2.45, 2.75) is 13.5 Å². The predicted octanol–water partition coefficient (Wildman–Crippen LogP) is 4.92. The maximum Gasteiger partial charge on any atom is 0.255 e. The van der Waals surface area contributed by atoms with E-state index in [1.807, 2.05) is 37.3 Å². The van der Waals surface area contributed by atoms with E-state index in [9.17, 15) is 4.79 Å². The number of halogens is 1. The summed E-state index contributed by atoms with van der Waals surface area (Å²) in [4.78, 5) is 16.9. The second kappa shape index (κ2) is 8.56. The zero-order valence-electron chi connectivity index (χ0n) is 15.1. The van der Waals surface area contributed by atoms with Gasteiger partial charge < -0.3 is 15.4 Å². The third-order valence-electron chi connectivity index (χ3n) is 4.07. The number of methoxy groups -OCH3 is 1. The number of hydrogen-bond acceptors (Lipinski definition) is 4. The van der Waals surface area contributed by atoms with Gasteiger partial charge in [-0.3, -0.25) is 4.79 Å². The van der Waals surface area contributed by atoms with Gasteiger partial charge in [-0.1, -0.05) is 41.9 Å². The summed E-state index contributed by atoms with van der Waals surface area (Å²) in [6.07, 6.45) is 1.60. The maximum absolute atomic E-state index is 12.6. The van der Waals surface area contributed by atoms with Gasteiger partial charge in [-0.05, 0) is 36.2 Å². The second-order valence-corrected chi connectivity index (χ2v) is 6.43. The van der Waals surface area contributed by atoms with Crippen molar-refractivity contribution < 1.29 is 9.53 Å². The Hall–Kier alpha value is -3.05. The molecule has 0 saturated heterocycles. The summed E-state index contributed by atoms with van der Waals surface area (Å²) in [5.41, 5.74) is 3.05. The lowest BCUT2D eigenvalue weighted by Crippen LogP contribution is -2.13. The van der Waals surface area contributed by atoms with Crippen LogP contribution in [0.5, 0.6) is 5.75 Å². The lowest BCUT2D eigenvalue weighted by atomic mass is 10.2. The van der Waals surface area contributed by atoms with Crippen LogP contribution in [0.1, 0.15) is 21.5 Å². The molecule has 6 heteroatoms. The molecule has 0 aliphatic carbocycles. The van der Waals surface area contributed by atoms with Crippen LogP contribution >= 0.6 is 11.6 Å². The highest BCUT2D eigenvalue weighted by atomic mass is 35.5. The van der Waals surface area contributed by atoms with Crippen molar-refractivity contribution >= 4 is 29.0 Å². The summed E-state index contributed by atoms with van der Waals surface area (Å²) in [5.74, 6) is 0.890. The van der Waals surface area contributed by atoms with Crippen LogP contribution in [0.3, 0.4) is 0 Å². The smallest absolute Gasteiger partial charge is 0.255 e. The first-order chi connectivity index (χ1) is 13.1. The number of rotatable bonds is 6. The molecule has 3 aromatic rings. The van der Waals surface area contributed by atoms with E-state index >= 15 is 0 Å². The number of hydrogen-bond donors (Lipinski definition) is 2. The summed E-state index contributed by atoms with van der Waals surface area (Å²) in [5, 5.41) is 6.68. The van der Waals surface area contributed by atoms with Crippen molar-refractivity contribution in [3.8, 4) is 5.75 Å². The van der Waals surface area contributed by atoms with Crippen LogP contribution in [0, 0.1) is 6.92 Å². The van der Waals surface area contributed by atoms with E-state index in [2.05, 4.69) is 15.6 Å². The molecule has 5 nitrogen and oxygen atoms in total. The zero-order valence-corrected chi connectivity index (χ0v) is 15.9. The Balaban J connectivity index is 1.73. The van der Waals surface area contributed by atoms with Crippen molar-refractivity contribution in [3.05, 3.63) is 82.5 Å². The van der Waals surface area contributed by atoms with Crippen LogP contribution in [0.4, 0.5) is 11.5 Å². The molecule has 2 aromatic carbocycles. The Morgan fingerprint density at radius 1 is 1.15 bits per heavy atom. The van der Waals surface area contributed by atoms with Crippen LogP contribution in [0.15, 0.2) is 60.8 Å². The first kappa shape index (κ1) is 18.7. The van der Waals surface area contributed by atoms with E-state index in [1.165, 1.54) is 7.11 Å². The largest absolute Gasteiger partial charge is 0.495 e. The highest BCUT2D eigenvalue weighted by Crippen LogP contribution is 2.31. The van der Waals surface area contributed by atoms with Gasteiger partial charge in [0.15, 0.2) is 0 Å². The number of nitrogens with one attached hydrogen (secondary N) is 2. The molecule has 0 spiro atoms. The second-order valence-electron chi connectivity index (χ2n) is 6.02. The number of benzene rings is 2. The van der Waals surface area contributed by atoms with E-state index in [0.29, 0.717) is 34.4 Å². The minimum Gasteiger partial charge on any atom is -0.495 e. The number of amides is 1. The molecule has 2 N–H and O–H groups in total. The topological polar surface area (TPSA) is 63.2 Å². The number of aromatic nitrogens is 1. The van der Waals surface area contributed by atoms with E-state index in [1.54, 1.807) is 30.5 Å². The highest BCUT2D eigenvalue weighted by molar-refractivity contribution is 6.31. The summed E-state index contributed by atoms with van der Waals surface area (Å²) in [7, 11) is 1.54. The average Bonchev–Trinajstić information content (AvgIpc) is 2.70. The van der Waals surface area contributed by atoms with Gasteiger partial charge in [0.2, 0.25) is 0 Å². The summed E-state index contributed by atoms with van der Waals surface area (Å²) < 4.78 is 5.31. The SMILES string of the molecule is COc1cc(Cl)c(C)cc1NC(=O)c1ccnc(NCc2ccccc2)c1. The summed E-state index contributed by atoms with van der Waals surface area (Å²) in [6.45, 7) is 2.50. The Kier molecular flexibility index (Phi) is 5.94. The van der Waals surface area contributed by atoms with E-state index in [0.717, 1.165) is 11.1 Å². The van der Waals surface area contributed by atoms with Gasteiger partial charge in [0, 0.05) is 29.4 Å². The van der Waals surface area contributed by atoms with E-state index in [4.69, 9.17) is 16.3 Å². The van der Waals surface area contributed by atoms with Crippen molar-refractivity contribution in [2.24, 2.45) is 0 Å². The molecular formula is C21H20ClN3O2. The molecule has 0 atom stereocenters. The number of nitrogens with zero attached hydrogens (tertiary/aromatic N) is 1. The number of anilines is 2. The number of pyridine rings is 1. The third kappa shape index (κ3) is 4.77. The van der Waals surface area contributed by atoms with Crippen LogP contribution in [-0.4, -0.2) is 18.0 Å². The minimum atomic E-state index is -0.250. The number of aryl methyl sites for hydroxylation is 1. The Labute approximate surface area is 163 Å². The van der Waals surface area contributed by atoms with Crippen molar-refractivity contribution in [2.75, 3.05) is 17.7 Å². The number of ether oxygens (including phenoxy) is 1. The fourth-order valence-corrected chi connectivity index (χ4v) is 2.73. The van der Waals surface area contributed by atoms with Crippen molar-refractivity contribution in [1.82, 2.24) is 4.98 Å². The zero-order chi connectivity index (χ0) is 19.2. The standard InChI is InChI=1S/C21H20ClN3O2/c1-14-10-18(19(27-2)12-17(14)22)25-21(26)16-8-9-23-20(11-16)24-13-15-6-4-3-5-7-15/h3-12H,13H2,1-2H3,(H,23,24)(H,25,26). The lowest BCUT2D eigenvalue weighted by Gasteiger charge is -2.13. The fourth-order valence-electron chi connectivity index (χ4n) is 2.58. The van der Waals surface area contributed by atoms with Gasteiger partial charge in [-0.25, -0.2) is 4.98 Å².